The molecular weight excluding hydrogens is 300 g/mol. The predicted molar refractivity (Wildman–Crippen MR) is 81.8 cm³/mol. The summed E-state index contributed by atoms with van der Waals surface area (Å²) in [5.41, 5.74) is 6.23. The zero-order valence-electron chi connectivity index (χ0n) is 10.8. The van der Waals surface area contributed by atoms with E-state index in [0.717, 1.165) is 5.01 Å². The van der Waals surface area contributed by atoms with Crippen molar-refractivity contribution in [1.29, 1.82) is 0 Å². The van der Waals surface area contributed by atoms with Crippen LogP contribution in [0.3, 0.4) is 0 Å². The molecule has 0 aromatic carbocycles. The average molecular weight is 315 g/mol. The van der Waals surface area contributed by atoms with Crippen molar-refractivity contribution in [3.63, 3.8) is 0 Å². The van der Waals surface area contributed by atoms with Gasteiger partial charge in [-0.3, -0.25) is 9.59 Å². The van der Waals surface area contributed by atoms with E-state index >= 15 is 0 Å². The second-order valence-corrected chi connectivity index (χ2v) is 4.93. The van der Waals surface area contributed by atoms with Crippen LogP contribution < -0.4 is 16.6 Å². The van der Waals surface area contributed by atoms with Crippen LogP contribution in [0, 0.1) is 0 Å². The Balaban J connectivity index is 0.00000200. The standard InChI is InChI=1S/C12H14N4O2S.ClH/c1-16-6-8(2-3-11(16)17)14-12(18)9-7-19-10(15-9)4-5-13;/h2-3,6-7H,4-5,13H2,1H3,(H,14,18);1H. The van der Waals surface area contributed by atoms with E-state index in [2.05, 4.69) is 10.3 Å². The zero-order valence-corrected chi connectivity index (χ0v) is 12.5. The lowest BCUT2D eigenvalue weighted by Crippen LogP contribution is -2.18. The molecule has 2 aromatic rings. The van der Waals surface area contributed by atoms with Gasteiger partial charge < -0.3 is 15.6 Å². The number of hydrogen-bond acceptors (Lipinski definition) is 5. The Labute approximate surface area is 126 Å². The number of anilines is 1. The van der Waals surface area contributed by atoms with Crippen LogP contribution in [0.2, 0.25) is 0 Å². The van der Waals surface area contributed by atoms with Crippen molar-refractivity contribution in [1.82, 2.24) is 9.55 Å². The Morgan fingerprint density at radius 3 is 2.90 bits per heavy atom. The molecule has 0 saturated carbocycles. The second kappa shape index (κ2) is 7.18. The SMILES string of the molecule is Cl.Cn1cc(NC(=O)c2csc(CCN)n2)ccc1=O. The maximum absolute atomic E-state index is 11.9. The lowest BCUT2D eigenvalue weighted by atomic mass is 10.3. The Morgan fingerprint density at radius 1 is 1.50 bits per heavy atom. The van der Waals surface area contributed by atoms with Gasteiger partial charge in [0.1, 0.15) is 5.69 Å². The number of thiazole rings is 1. The molecule has 6 nitrogen and oxygen atoms in total. The van der Waals surface area contributed by atoms with E-state index in [0.29, 0.717) is 24.3 Å². The van der Waals surface area contributed by atoms with Gasteiger partial charge in [-0.1, -0.05) is 0 Å². The van der Waals surface area contributed by atoms with Crippen LogP contribution in [-0.2, 0) is 13.5 Å². The molecule has 0 spiro atoms. The third-order valence-electron chi connectivity index (χ3n) is 2.49. The van der Waals surface area contributed by atoms with E-state index in [1.165, 1.54) is 22.0 Å². The normalized spacial score (nSPS) is 9.90. The van der Waals surface area contributed by atoms with Crippen molar-refractivity contribution in [2.75, 3.05) is 11.9 Å². The molecule has 0 bridgehead atoms. The van der Waals surface area contributed by atoms with Gasteiger partial charge in [0, 0.05) is 31.1 Å². The number of nitrogens with zero attached hydrogens (tertiary/aromatic N) is 2. The van der Waals surface area contributed by atoms with Gasteiger partial charge in [-0.25, -0.2) is 4.98 Å². The van der Waals surface area contributed by atoms with Gasteiger partial charge in [0.05, 0.1) is 10.7 Å². The number of carbonyl (C=O) groups is 1. The summed E-state index contributed by atoms with van der Waals surface area (Å²) in [5, 5.41) is 5.23. The molecule has 0 saturated heterocycles. The molecule has 0 radical (unpaired) electrons. The number of hydrogen-bond donors (Lipinski definition) is 2. The minimum absolute atomic E-state index is 0. The van der Waals surface area contributed by atoms with Gasteiger partial charge >= 0.3 is 0 Å². The van der Waals surface area contributed by atoms with Crippen LogP contribution in [0.15, 0.2) is 28.5 Å². The van der Waals surface area contributed by atoms with Crippen molar-refractivity contribution >= 4 is 35.3 Å². The molecule has 2 rings (SSSR count). The lowest BCUT2D eigenvalue weighted by Gasteiger charge is -2.04. The number of aromatic nitrogens is 2. The van der Waals surface area contributed by atoms with E-state index < -0.39 is 0 Å². The number of carbonyl (C=O) groups excluding carboxylic acids is 1. The highest BCUT2D eigenvalue weighted by atomic mass is 35.5. The minimum atomic E-state index is -0.293. The summed E-state index contributed by atoms with van der Waals surface area (Å²) in [5.74, 6) is -0.293. The second-order valence-electron chi connectivity index (χ2n) is 3.99. The van der Waals surface area contributed by atoms with Crippen molar-refractivity contribution in [3.05, 3.63) is 44.8 Å². The van der Waals surface area contributed by atoms with Gasteiger partial charge in [-0.2, -0.15) is 0 Å². The van der Waals surface area contributed by atoms with Gasteiger partial charge in [0.2, 0.25) is 5.56 Å². The van der Waals surface area contributed by atoms with E-state index in [1.807, 2.05) is 0 Å². The minimum Gasteiger partial charge on any atom is -0.330 e. The maximum atomic E-state index is 11.9. The van der Waals surface area contributed by atoms with E-state index in [4.69, 9.17) is 5.73 Å². The fourth-order valence-electron chi connectivity index (χ4n) is 1.52. The molecule has 0 unspecified atom stereocenters. The number of nitrogens with one attached hydrogen (secondary N) is 1. The van der Waals surface area contributed by atoms with Crippen LogP contribution in [0.1, 0.15) is 15.5 Å². The number of pyridine rings is 1. The summed E-state index contributed by atoms with van der Waals surface area (Å²) in [6.45, 7) is 0.509. The lowest BCUT2D eigenvalue weighted by molar-refractivity contribution is 0.102. The first-order valence-corrected chi connectivity index (χ1v) is 6.60. The topological polar surface area (TPSA) is 90.0 Å². The van der Waals surface area contributed by atoms with E-state index in [-0.39, 0.29) is 23.9 Å². The third-order valence-corrected chi connectivity index (χ3v) is 3.39. The molecule has 1 amide bonds. The summed E-state index contributed by atoms with van der Waals surface area (Å²) in [6, 6.07) is 2.96. The first-order valence-electron chi connectivity index (χ1n) is 5.72. The van der Waals surface area contributed by atoms with Crippen LogP contribution >= 0.6 is 23.7 Å². The van der Waals surface area contributed by atoms with Gasteiger partial charge in [-0.15, -0.1) is 23.7 Å². The molecule has 3 N–H and O–H groups in total. The molecule has 2 heterocycles. The predicted octanol–water partition coefficient (Wildman–Crippen LogP) is 1.02. The Bertz CT molecular complexity index is 653. The average Bonchev–Trinajstić information content (AvgIpc) is 2.83. The Hall–Kier alpha value is -1.70. The highest BCUT2D eigenvalue weighted by molar-refractivity contribution is 7.09. The molecular formula is C12H15ClN4O2S. The van der Waals surface area contributed by atoms with Gasteiger partial charge in [-0.05, 0) is 12.6 Å². The fraction of sp³-hybridized carbons (Fsp3) is 0.250. The first-order chi connectivity index (χ1) is 9.10. The molecule has 0 aliphatic heterocycles. The molecule has 20 heavy (non-hydrogen) atoms. The molecule has 8 heteroatoms. The van der Waals surface area contributed by atoms with E-state index in [1.54, 1.807) is 24.7 Å². The molecule has 2 aromatic heterocycles. The maximum Gasteiger partial charge on any atom is 0.275 e. The van der Waals surface area contributed by atoms with Crippen molar-refractivity contribution < 1.29 is 4.79 Å². The van der Waals surface area contributed by atoms with Crippen LogP contribution in [-0.4, -0.2) is 22.0 Å². The number of nitrogens with two attached hydrogens (primary N) is 1. The molecule has 0 fully saturated rings. The van der Waals surface area contributed by atoms with Crippen molar-refractivity contribution in [2.45, 2.75) is 6.42 Å². The highest BCUT2D eigenvalue weighted by Gasteiger charge is 2.11. The summed E-state index contributed by atoms with van der Waals surface area (Å²) < 4.78 is 1.40. The number of halogens is 1. The Morgan fingerprint density at radius 2 is 2.25 bits per heavy atom. The smallest absolute Gasteiger partial charge is 0.275 e. The van der Waals surface area contributed by atoms with Gasteiger partial charge in [0.25, 0.3) is 5.91 Å². The van der Waals surface area contributed by atoms with Gasteiger partial charge in [0.15, 0.2) is 0 Å². The summed E-state index contributed by atoms with van der Waals surface area (Å²) in [7, 11) is 1.63. The zero-order chi connectivity index (χ0) is 13.8. The van der Waals surface area contributed by atoms with Crippen molar-refractivity contribution in [2.24, 2.45) is 12.8 Å². The first kappa shape index (κ1) is 16.4. The monoisotopic (exact) mass is 314 g/mol. The summed E-state index contributed by atoms with van der Waals surface area (Å²) >= 11 is 1.41. The number of rotatable bonds is 4. The number of amides is 1. The summed E-state index contributed by atoms with van der Waals surface area (Å²) in [4.78, 5) is 27.4. The molecule has 0 aliphatic rings. The molecule has 0 atom stereocenters. The van der Waals surface area contributed by atoms with Crippen LogP contribution in [0.25, 0.3) is 0 Å². The van der Waals surface area contributed by atoms with Crippen LogP contribution in [0.4, 0.5) is 5.69 Å². The van der Waals surface area contributed by atoms with Crippen LogP contribution in [0.5, 0.6) is 0 Å². The van der Waals surface area contributed by atoms with Crippen molar-refractivity contribution in [3.8, 4) is 0 Å². The molecule has 108 valence electrons. The quantitative estimate of drug-likeness (QED) is 0.881. The fourth-order valence-corrected chi connectivity index (χ4v) is 2.31. The molecule has 0 aliphatic carbocycles. The summed E-state index contributed by atoms with van der Waals surface area (Å²) in [6.07, 6.45) is 2.23. The highest BCUT2D eigenvalue weighted by Crippen LogP contribution is 2.12. The number of aryl methyl sites for hydroxylation is 1. The van der Waals surface area contributed by atoms with E-state index in [9.17, 15) is 9.59 Å². The Kier molecular flexibility index (Phi) is 5.87. The third kappa shape index (κ3) is 3.89. The largest absolute Gasteiger partial charge is 0.330 e.